The standard InChI is InChI=1S/C25H23N3O5S/c1-17-6-10-20(4-2-3-5-23(17)33-22-13-9-19(15-26)27-16-22)32-21-11-7-18(8-12-21)24-14-25(29)28-34(24,30)31/h2-3,5,7-9,11-13,16,20,24H,1,4,6,10,14H2,(H,28,29)/b3-2-,23-5?/t20-,24?/m0/s1. The molecule has 4 rings (SSSR count). The van der Waals surface area contributed by atoms with Crippen LogP contribution in [0.2, 0.25) is 0 Å². The highest BCUT2D eigenvalue weighted by molar-refractivity contribution is 7.90. The lowest BCUT2D eigenvalue weighted by Gasteiger charge is -2.19. The fraction of sp³-hybridized carbons (Fsp3) is 0.240. The van der Waals surface area contributed by atoms with Gasteiger partial charge in [0.05, 0.1) is 12.6 Å². The molecule has 1 amide bonds. The van der Waals surface area contributed by atoms with E-state index in [1.165, 1.54) is 6.20 Å². The first-order valence-electron chi connectivity index (χ1n) is 10.7. The maximum absolute atomic E-state index is 12.1. The summed E-state index contributed by atoms with van der Waals surface area (Å²) < 4.78 is 38.2. The number of pyridine rings is 1. The number of hydrogen-bond donors (Lipinski definition) is 1. The number of allylic oxidation sites excluding steroid dienone is 3. The molecule has 0 bridgehead atoms. The van der Waals surface area contributed by atoms with Gasteiger partial charge in [-0.2, -0.15) is 5.26 Å². The number of hydrogen-bond acceptors (Lipinski definition) is 7. The molecule has 1 N–H and O–H groups in total. The monoisotopic (exact) mass is 477 g/mol. The second kappa shape index (κ2) is 9.93. The first-order chi connectivity index (χ1) is 16.3. The predicted molar refractivity (Wildman–Crippen MR) is 125 cm³/mol. The van der Waals surface area contributed by atoms with Crippen molar-refractivity contribution in [2.24, 2.45) is 0 Å². The van der Waals surface area contributed by atoms with Gasteiger partial charge in [0.2, 0.25) is 15.9 Å². The van der Waals surface area contributed by atoms with Crippen LogP contribution in [0.1, 0.15) is 42.2 Å². The Balaban J connectivity index is 1.37. The number of nitrogens with zero attached hydrogens (tertiary/aromatic N) is 2. The van der Waals surface area contributed by atoms with Crippen LogP contribution in [0.15, 0.2) is 78.7 Å². The van der Waals surface area contributed by atoms with E-state index in [0.717, 1.165) is 5.57 Å². The van der Waals surface area contributed by atoms with Crippen LogP contribution in [0.4, 0.5) is 0 Å². The number of nitriles is 1. The lowest BCUT2D eigenvalue weighted by Crippen LogP contribution is -2.21. The van der Waals surface area contributed by atoms with Crippen LogP contribution in [0.25, 0.3) is 0 Å². The third-order valence-corrected chi connectivity index (χ3v) is 7.23. The van der Waals surface area contributed by atoms with Crippen LogP contribution < -0.4 is 14.2 Å². The topological polar surface area (TPSA) is 118 Å². The van der Waals surface area contributed by atoms with Gasteiger partial charge >= 0.3 is 0 Å². The number of aromatic nitrogens is 1. The Morgan fingerprint density at radius 3 is 2.56 bits per heavy atom. The van der Waals surface area contributed by atoms with E-state index in [0.29, 0.717) is 47.8 Å². The Bertz CT molecular complexity index is 1290. The molecule has 2 heterocycles. The number of rotatable bonds is 5. The van der Waals surface area contributed by atoms with Crippen molar-refractivity contribution in [2.75, 3.05) is 0 Å². The fourth-order valence-corrected chi connectivity index (χ4v) is 5.16. The van der Waals surface area contributed by atoms with Crippen molar-refractivity contribution < 1.29 is 22.7 Å². The van der Waals surface area contributed by atoms with Crippen LogP contribution in [0.5, 0.6) is 11.5 Å². The lowest BCUT2D eigenvalue weighted by atomic mass is 10.1. The second-order valence-corrected chi connectivity index (χ2v) is 9.87. The van der Waals surface area contributed by atoms with Crippen molar-refractivity contribution in [1.29, 1.82) is 5.26 Å². The molecule has 1 aliphatic heterocycles. The minimum absolute atomic E-state index is 0.0754. The molecule has 1 aromatic carbocycles. The van der Waals surface area contributed by atoms with Gasteiger partial charge in [-0.15, -0.1) is 0 Å². The molecule has 9 heteroatoms. The van der Waals surface area contributed by atoms with Crippen molar-refractivity contribution in [1.82, 2.24) is 9.71 Å². The van der Waals surface area contributed by atoms with E-state index in [-0.39, 0.29) is 12.5 Å². The molecule has 0 radical (unpaired) electrons. The molecule has 0 spiro atoms. The summed E-state index contributed by atoms with van der Waals surface area (Å²) in [7, 11) is -3.67. The van der Waals surface area contributed by atoms with Gasteiger partial charge in [-0.1, -0.05) is 30.9 Å². The van der Waals surface area contributed by atoms with E-state index in [9.17, 15) is 13.2 Å². The van der Waals surface area contributed by atoms with Gasteiger partial charge < -0.3 is 9.47 Å². The molecule has 2 aliphatic rings. The number of amides is 1. The maximum Gasteiger partial charge on any atom is 0.242 e. The molecular weight excluding hydrogens is 454 g/mol. The molecule has 2 atom stereocenters. The highest BCUT2D eigenvalue weighted by Gasteiger charge is 2.37. The quantitative estimate of drug-likeness (QED) is 0.695. The number of ether oxygens (including phenoxy) is 2. The average Bonchev–Trinajstić information content (AvgIpc) is 3.14. The molecule has 174 valence electrons. The summed E-state index contributed by atoms with van der Waals surface area (Å²) in [5.74, 6) is 1.27. The first kappa shape index (κ1) is 23.3. The van der Waals surface area contributed by atoms with Gasteiger partial charge in [-0.25, -0.2) is 13.4 Å². The van der Waals surface area contributed by atoms with Crippen LogP contribution in [-0.2, 0) is 14.8 Å². The molecule has 8 nitrogen and oxygen atoms in total. The van der Waals surface area contributed by atoms with Gasteiger partial charge in [0, 0.05) is 6.42 Å². The van der Waals surface area contributed by atoms with Crippen LogP contribution in [0, 0.1) is 11.3 Å². The van der Waals surface area contributed by atoms with E-state index in [2.05, 4.69) is 11.6 Å². The van der Waals surface area contributed by atoms with E-state index in [1.54, 1.807) is 36.4 Å². The van der Waals surface area contributed by atoms with Gasteiger partial charge in [0.15, 0.2) is 0 Å². The van der Waals surface area contributed by atoms with Crippen LogP contribution in [0.3, 0.4) is 0 Å². The summed E-state index contributed by atoms with van der Waals surface area (Å²) in [5, 5.41) is 8.00. The highest BCUT2D eigenvalue weighted by atomic mass is 32.2. The smallest absolute Gasteiger partial charge is 0.242 e. The normalized spacial score (nSPS) is 22.9. The Labute approximate surface area is 198 Å². The van der Waals surface area contributed by atoms with Gasteiger partial charge in [-0.3, -0.25) is 9.52 Å². The third-order valence-electron chi connectivity index (χ3n) is 5.53. The summed E-state index contributed by atoms with van der Waals surface area (Å²) >= 11 is 0. The lowest BCUT2D eigenvalue weighted by molar-refractivity contribution is -0.118. The third kappa shape index (κ3) is 5.53. The van der Waals surface area contributed by atoms with Gasteiger partial charge in [0.1, 0.15) is 40.4 Å². The average molecular weight is 478 g/mol. The van der Waals surface area contributed by atoms with E-state index in [4.69, 9.17) is 14.7 Å². The van der Waals surface area contributed by atoms with Crippen molar-refractivity contribution in [3.05, 3.63) is 90.0 Å². The zero-order valence-corrected chi connectivity index (χ0v) is 19.1. The number of nitrogens with one attached hydrogen (secondary N) is 1. The number of carbonyl (C=O) groups is 1. The molecule has 2 aromatic rings. The summed E-state index contributed by atoms with van der Waals surface area (Å²) in [6.07, 6.45) is 9.05. The Morgan fingerprint density at radius 2 is 1.91 bits per heavy atom. The molecule has 1 fully saturated rings. The molecule has 1 aliphatic carbocycles. The largest absolute Gasteiger partial charge is 0.490 e. The molecule has 34 heavy (non-hydrogen) atoms. The van der Waals surface area contributed by atoms with E-state index < -0.39 is 21.2 Å². The van der Waals surface area contributed by atoms with Crippen molar-refractivity contribution in [3.8, 4) is 17.6 Å². The Morgan fingerprint density at radius 1 is 1.15 bits per heavy atom. The second-order valence-electron chi connectivity index (χ2n) is 8.00. The number of benzene rings is 1. The van der Waals surface area contributed by atoms with Crippen molar-refractivity contribution >= 4 is 15.9 Å². The van der Waals surface area contributed by atoms with Crippen LogP contribution in [-0.4, -0.2) is 25.4 Å². The zero-order valence-electron chi connectivity index (χ0n) is 18.3. The summed E-state index contributed by atoms with van der Waals surface area (Å²) in [6.45, 7) is 4.14. The van der Waals surface area contributed by atoms with Gasteiger partial charge in [0.25, 0.3) is 0 Å². The first-order valence-corrected chi connectivity index (χ1v) is 12.3. The molecule has 1 saturated heterocycles. The predicted octanol–water partition coefficient (Wildman–Crippen LogP) is 3.85. The number of carbonyl (C=O) groups excluding carboxylic acids is 1. The summed E-state index contributed by atoms with van der Waals surface area (Å²) in [6, 6.07) is 12.1. The van der Waals surface area contributed by atoms with Crippen LogP contribution >= 0.6 is 0 Å². The minimum atomic E-state index is -3.67. The zero-order chi connectivity index (χ0) is 24.1. The Kier molecular flexibility index (Phi) is 6.80. The Hall–Kier alpha value is -3.90. The number of sulfonamides is 1. The van der Waals surface area contributed by atoms with Crippen molar-refractivity contribution in [2.45, 2.75) is 37.0 Å². The van der Waals surface area contributed by atoms with Gasteiger partial charge in [-0.05, 0) is 54.3 Å². The maximum atomic E-state index is 12.1. The van der Waals surface area contributed by atoms with E-state index in [1.807, 2.05) is 29.0 Å². The molecule has 0 saturated carbocycles. The van der Waals surface area contributed by atoms with E-state index >= 15 is 0 Å². The minimum Gasteiger partial charge on any atom is -0.490 e. The summed E-state index contributed by atoms with van der Waals surface area (Å²) in [4.78, 5) is 15.5. The summed E-state index contributed by atoms with van der Waals surface area (Å²) in [5.41, 5.74) is 1.68. The SMILES string of the molecule is C=C1CC[C@@H](Oc2ccc(C3CC(=O)NS3(=O)=O)cc2)C/C=C\C=C1Oc1ccc(C#N)nc1. The molecule has 1 unspecified atom stereocenters. The molecule has 1 aromatic heterocycles. The molecular formula is C25H23N3O5S. The fourth-order valence-electron chi connectivity index (χ4n) is 3.73. The van der Waals surface area contributed by atoms with Crippen molar-refractivity contribution in [3.63, 3.8) is 0 Å². The highest BCUT2D eigenvalue weighted by Crippen LogP contribution is 2.31.